The standard InChI is InChI=1S/C64H45N5O/c1-64(2,3)43-32-33-65-63(36-43)69-57-27-11-8-24-51(57)53-38-54-49-22-5-4-20-47(49)42-30-31-52-50-23-7-10-26-56(50)68(60(52)35-42)45-18-14-16-41(34-45)48-21-6-9-25-55(48)67-40-66(58-28-12-13-29-59(58)67)44-17-15-19-46(37-44)70-62(54)39-61(53)69/h4-39H,1-3H3. The van der Waals surface area contributed by atoms with Gasteiger partial charge in [0.15, 0.2) is 0 Å². The Morgan fingerprint density at radius 2 is 1.10 bits per heavy atom. The molecular weight excluding hydrogens is 855 g/mol. The maximum atomic E-state index is 7.32. The largest absolute Gasteiger partial charge is 0.457 e. The molecule has 0 spiro atoms. The average Bonchev–Trinajstić information content (AvgIpc) is 4.06. The van der Waals surface area contributed by atoms with Crippen molar-refractivity contribution in [3.05, 3.63) is 230 Å². The van der Waals surface area contributed by atoms with Crippen LogP contribution in [0.3, 0.4) is 0 Å². The van der Waals surface area contributed by atoms with Crippen LogP contribution < -0.4 is 4.40 Å². The molecule has 9 aromatic carbocycles. The summed E-state index contributed by atoms with van der Waals surface area (Å²) in [5.41, 5.74) is 12.1. The SMILES string of the molecule is CC(C)(C)c1ccnc(-n2c3ccccc3c3cc4c(cc32)oc2cccc(c2)n2[c-][n+](c3ccccc3c3cccc(c3)n3c5ccccc5c5ccc(cc53)c3ccccc34)c3ccccc32)c1. The summed E-state index contributed by atoms with van der Waals surface area (Å²) >= 11 is 0. The molecule has 6 nitrogen and oxygen atoms in total. The molecule has 0 saturated carbocycles. The molecule has 5 aromatic heterocycles. The van der Waals surface area contributed by atoms with Crippen molar-refractivity contribution in [1.82, 2.24) is 18.4 Å². The first-order valence-corrected chi connectivity index (χ1v) is 23.9. The van der Waals surface area contributed by atoms with E-state index in [9.17, 15) is 0 Å². The second kappa shape index (κ2) is 15.3. The van der Waals surface area contributed by atoms with Gasteiger partial charge in [0.1, 0.15) is 17.0 Å². The number of para-hydroxylation sites is 5. The number of rotatable bonds is 1. The number of nitrogens with zero attached hydrogens (tertiary/aromatic N) is 5. The van der Waals surface area contributed by atoms with Gasteiger partial charge in [0.05, 0.1) is 44.1 Å². The van der Waals surface area contributed by atoms with Crippen LogP contribution in [-0.4, -0.2) is 18.4 Å². The molecule has 8 bridgehead atoms. The molecule has 0 aliphatic carbocycles. The van der Waals surface area contributed by atoms with Crippen LogP contribution in [0.4, 0.5) is 0 Å². The first-order chi connectivity index (χ1) is 34.3. The Morgan fingerprint density at radius 3 is 1.93 bits per heavy atom. The summed E-state index contributed by atoms with van der Waals surface area (Å²) in [7, 11) is 0. The molecule has 0 amide bonds. The lowest BCUT2D eigenvalue weighted by molar-refractivity contribution is -0.485. The van der Waals surface area contributed by atoms with Crippen molar-refractivity contribution >= 4 is 115 Å². The molecule has 5 heterocycles. The average molecular weight is 900 g/mol. The van der Waals surface area contributed by atoms with Crippen LogP contribution in [0.2, 0.25) is 0 Å². The molecular formula is C64H45N5O. The lowest BCUT2D eigenvalue weighted by atomic mass is 9.88. The zero-order valence-corrected chi connectivity index (χ0v) is 38.9. The van der Waals surface area contributed by atoms with Gasteiger partial charge in [-0.15, -0.1) is 0 Å². The van der Waals surface area contributed by atoms with Crippen molar-refractivity contribution in [3.8, 4) is 5.82 Å². The summed E-state index contributed by atoms with van der Waals surface area (Å²) in [5, 5.41) is 11.2. The predicted molar refractivity (Wildman–Crippen MR) is 290 cm³/mol. The van der Waals surface area contributed by atoms with Gasteiger partial charge >= 0.3 is 0 Å². The zero-order chi connectivity index (χ0) is 46.7. The quantitative estimate of drug-likeness (QED) is 0.122. The molecule has 0 saturated heterocycles. The van der Waals surface area contributed by atoms with Gasteiger partial charge in [-0.05, 0) is 111 Å². The van der Waals surface area contributed by atoms with Gasteiger partial charge < -0.3 is 8.82 Å². The minimum Gasteiger partial charge on any atom is -0.457 e. The summed E-state index contributed by atoms with van der Waals surface area (Å²) in [6, 6.07) is 76.5. The smallest absolute Gasteiger partial charge is 0.269 e. The van der Waals surface area contributed by atoms with Crippen LogP contribution in [0.5, 0.6) is 0 Å². The van der Waals surface area contributed by atoms with E-state index in [4.69, 9.17) is 9.40 Å². The number of pyridine rings is 1. The van der Waals surface area contributed by atoms with Crippen LogP contribution in [0.1, 0.15) is 26.3 Å². The summed E-state index contributed by atoms with van der Waals surface area (Å²) in [5.74, 6) is 0.868. The van der Waals surface area contributed by atoms with Crippen molar-refractivity contribution in [3.63, 3.8) is 0 Å². The van der Waals surface area contributed by atoms with E-state index in [1.54, 1.807) is 0 Å². The number of benzene rings is 9. The molecule has 0 radical (unpaired) electrons. The predicted octanol–water partition coefficient (Wildman–Crippen LogP) is 16.0. The minimum atomic E-state index is -0.0594. The second-order valence-electron chi connectivity index (χ2n) is 19.4. The van der Waals surface area contributed by atoms with E-state index in [1.807, 2.05) is 12.3 Å². The first-order valence-electron chi connectivity index (χ1n) is 23.9. The van der Waals surface area contributed by atoms with Crippen LogP contribution >= 0.6 is 0 Å². The maximum absolute atomic E-state index is 7.32. The van der Waals surface area contributed by atoms with Gasteiger partial charge in [-0.3, -0.25) is 13.4 Å². The Hall–Kier alpha value is -9.00. The molecule has 6 heteroatoms. The lowest BCUT2D eigenvalue weighted by Gasteiger charge is -2.20. The summed E-state index contributed by atoms with van der Waals surface area (Å²) in [4.78, 5) is 5.02. The van der Waals surface area contributed by atoms with Crippen LogP contribution in [0.15, 0.2) is 223 Å². The fourth-order valence-corrected chi connectivity index (χ4v) is 10.9. The van der Waals surface area contributed by atoms with Crippen LogP contribution in [0, 0.1) is 6.33 Å². The topological polar surface area (TPSA) is 43.9 Å². The molecule has 332 valence electrons. The van der Waals surface area contributed by atoms with Gasteiger partial charge in [0.25, 0.3) is 6.33 Å². The lowest BCUT2D eigenvalue weighted by Crippen LogP contribution is -2.18. The number of aromatic nitrogens is 5. The van der Waals surface area contributed by atoms with E-state index in [0.717, 1.165) is 104 Å². The third kappa shape index (κ3) is 6.19. The monoisotopic (exact) mass is 899 g/mol. The molecule has 14 rings (SSSR count). The van der Waals surface area contributed by atoms with E-state index in [2.05, 4.69) is 251 Å². The Bertz CT molecular complexity index is 4710. The van der Waals surface area contributed by atoms with Gasteiger partial charge in [0.2, 0.25) is 0 Å². The molecule has 0 fully saturated rings. The van der Waals surface area contributed by atoms with Crippen molar-refractivity contribution in [2.45, 2.75) is 26.2 Å². The first kappa shape index (κ1) is 40.1. The van der Waals surface area contributed by atoms with E-state index in [0.29, 0.717) is 5.58 Å². The molecule has 70 heavy (non-hydrogen) atoms. The van der Waals surface area contributed by atoms with E-state index in [-0.39, 0.29) is 5.41 Å². The van der Waals surface area contributed by atoms with E-state index >= 15 is 0 Å². The third-order valence-corrected chi connectivity index (χ3v) is 14.2. The van der Waals surface area contributed by atoms with Gasteiger partial charge in [-0.1, -0.05) is 154 Å². The zero-order valence-electron chi connectivity index (χ0n) is 38.9. The number of imidazole rings is 1. The number of fused-ring (bicyclic) bond motifs is 25. The minimum absolute atomic E-state index is 0.0594. The van der Waals surface area contributed by atoms with E-state index < -0.39 is 0 Å². The molecule has 0 aliphatic rings. The number of hydrogen-bond acceptors (Lipinski definition) is 2. The second-order valence-corrected chi connectivity index (χ2v) is 19.4. The van der Waals surface area contributed by atoms with E-state index in [1.165, 1.54) is 16.3 Å². The number of hydrogen-bond donors (Lipinski definition) is 0. The van der Waals surface area contributed by atoms with Crippen molar-refractivity contribution in [2.24, 2.45) is 0 Å². The Labute approximate surface area is 402 Å². The maximum Gasteiger partial charge on any atom is 0.269 e. The van der Waals surface area contributed by atoms with Crippen molar-refractivity contribution in [2.75, 3.05) is 0 Å². The normalized spacial score (nSPS) is 12.2. The fraction of sp³-hybridized carbons (Fsp3) is 0.0625. The highest BCUT2D eigenvalue weighted by Gasteiger charge is 2.19. The van der Waals surface area contributed by atoms with Gasteiger partial charge in [-0.2, -0.15) is 0 Å². The highest BCUT2D eigenvalue weighted by atomic mass is 16.3. The Kier molecular flexibility index (Phi) is 8.74. The third-order valence-electron chi connectivity index (χ3n) is 14.2. The van der Waals surface area contributed by atoms with Gasteiger partial charge in [-0.25, -0.2) is 4.98 Å². The fourth-order valence-electron chi connectivity index (χ4n) is 10.9. The van der Waals surface area contributed by atoms with Crippen molar-refractivity contribution < 1.29 is 8.82 Å². The van der Waals surface area contributed by atoms with Crippen LogP contribution in [-0.2, 0) is 5.41 Å². The molecule has 0 aliphatic heterocycles. The van der Waals surface area contributed by atoms with Gasteiger partial charge in [0, 0.05) is 44.7 Å². The van der Waals surface area contributed by atoms with Crippen LogP contribution in [0.25, 0.3) is 120 Å². The Morgan fingerprint density at radius 1 is 0.443 bits per heavy atom. The highest BCUT2D eigenvalue weighted by molar-refractivity contribution is 6.19. The molecule has 0 N–H and O–H groups in total. The summed E-state index contributed by atoms with van der Waals surface area (Å²) < 4.78 is 16.4. The highest BCUT2D eigenvalue weighted by Crippen LogP contribution is 2.38. The van der Waals surface area contributed by atoms with Crippen molar-refractivity contribution in [1.29, 1.82) is 0 Å². The Balaban J connectivity index is 1.22. The summed E-state index contributed by atoms with van der Waals surface area (Å²) in [6.07, 6.45) is 5.73. The summed E-state index contributed by atoms with van der Waals surface area (Å²) in [6.45, 7) is 6.74. The molecule has 0 atom stereocenters. The molecule has 0 unspecified atom stereocenters. The molecule has 14 aromatic rings.